The third kappa shape index (κ3) is 1.41. The molecule has 3 rings (SSSR count). The highest BCUT2D eigenvalue weighted by atomic mass is 16.5. The van der Waals surface area contributed by atoms with Crippen molar-refractivity contribution in [2.24, 2.45) is 5.73 Å². The van der Waals surface area contributed by atoms with Crippen LogP contribution in [-0.4, -0.2) is 16.0 Å². The number of nitrogens with one attached hydrogen (secondary N) is 1. The Bertz CT molecular complexity index is 796. The van der Waals surface area contributed by atoms with Gasteiger partial charge in [-0.1, -0.05) is 23.4 Å². The van der Waals surface area contributed by atoms with Gasteiger partial charge in [-0.2, -0.15) is 0 Å². The van der Waals surface area contributed by atoms with Gasteiger partial charge in [0.25, 0.3) is 5.91 Å². The highest BCUT2D eigenvalue weighted by Gasteiger charge is 2.22. The van der Waals surface area contributed by atoms with E-state index < -0.39 is 11.7 Å². The summed E-state index contributed by atoms with van der Waals surface area (Å²) in [6.07, 6.45) is 0. The molecule has 0 unspecified atom stereocenters. The Morgan fingerprint density at radius 3 is 2.78 bits per heavy atom. The summed E-state index contributed by atoms with van der Waals surface area (Å²) >= 11 is 0. The average molecular weight is 245 g/mol. The molecule has 7 nitrogen and oxygen atoms in total. The van der Waals surface area contributed by atoms with Crippen molar-refractivity contribution in [3.63, 3.8) is 0 Å². The van der Waals surface area contributed by atoms with Gasteiger partial charge in [0.2, 0.25) is 5.82 Å². The van der Waals surface area contributed by atoms with Crippen LogP contribution in [0, 0.1) is 0 Å². The minimum atomic E-state index is -0.735. The molecular formula is C11H7N3O4. The summed E-state index contributed by atoms with van der Waals surface area (Å²) in [7, 11) is 0. The zero-order valence-electron chi connectivity index (χ0n) is 8.97. The van der Waals surface area contributed by atoms with Gasteiger partial charge >= 0.3 is 5.76 Å². The fourth-order valence-electron chi connectivity index (χ4n) is 1.78. The first-order chi connectivity index (χ1) is 8.66. The standard InChI is InChI=1S/C11H7N3O4/c12-9(15)7-5-3-1-2-4-6(5)17-8(7)10-13-11(16)18-14-10/h1-4H,(H2,12,15)(H,13,14,16). The maximum Gasteiger partial charge on any atom is 0.439 e. The molecule has 0 aliphatic carbocycles. The Hall–Kier alpha value is -2.83. The Labute approximate surface area is 99.2 Å². The summed E-state index contributed by atoms with van der Waals surface area (Å²) in [6.45, 7) is 0. The average Bonchev–Trinajstić information content (AvgIpc) is 2.91. The van der Waals surface area contributed by atoms with Gasteiger partial charge in [-0.25, -0.2) is 4.79 Å². The van der Waals surface area contributed by atoms with Crippen molar-refractivity contribution in [2.45, 2.75) is 0 Å². The van der Waals surface area contributed by atoms with Crippen LogP contribution < -0.4 is 11.5 Å². The number of hydrogen-bond acceptors (Lipinski definition) is 5. The number of amides is 1. The number of aromatic amines is 1. The van der Waals surface area contributed by atoms with Gasteiger partial charge in [0, 0.05) is 5.39 Å². The second kappa shape index (κ2) is 3.59. The third-order valence-electron chi connectivity index (χ3n) is 2.50. The number of H-pyrrole nitrogens is 1. The summed E-state index contributed by atoms with van der Waals surface area (Å²) in [5.41, 5.74) is 5.96. The molecule has 3 N–H and O–H groups in total. The molecule has 1 amide bonds. The SMILES string of the molecule is NC(=O)c1c(-c2noc(=O)[nH]2)oc2ccccc12. The van der Waals surface area contributed by atoms with Gasteiger partial charge in [-0.3, -0.25) is 14.3 Å². The van der Waals surface area contributed by atoms with Gasteiger partial charge in [-0.05, 0) is 6.07 Å². The van der Waals surface area contributed by atoms with E-state index in [4.69, 9.17) is 10.2 Å². The molecule has 0 aliphatic heterocycles. The van der Waals surface area contributed by atoms with E-state index in [9.17, 15) is 9.59 Å². The van der Waals surface area contributed by atoms with Crippen molar-refractivity contribution in [1.82, 2.24) is 10.1 Å². The smallest absolute Gasteiger partial charge is 0.439 e. The lowest BCUT2D eigenvalue weighted by molar-refractivity contribution is 0.100. The van der Waals surface area contributed by atoms with E-state index in [1.807, 2.05) is 0 Å². The first-order valence-corrected chi connectivity index (χ1v) is 5.04. The molecule has 3 aromatic rings. The van der Waals surface area contributed by atoms with Crippen LogP contribution in [0.4, 0.5) is 0 Å². The highest BCUT2D eigenvalue weighted by Crippen LogP contribution is 2.30. The Morgan fingerprint density at radius 1 is 1.33 bits per heavy atom. The van der Waals surface area contributed by atoms with Crippen molar-refractivity contribution < 1.29 is 13.7 Å². The molecule has 1 aromatic carbocycles. The number of rotatable bonds is 2. The van der Waals surface area contributed by atoms with E-state index in [0.717, 1.165) is 0 Å². The Morgan fingerprint density at radius 2 is 2.11 bits per heavy atom. The van der Waals surface area contributed by atoms with E-state index in [-0.39, 0.29) is 17.1 Å². The number of benzene rings is 1. The lowest BCUT2D eigenvalue weighted by Gasteiger charge is -1.93. The normalized spacial score (nSPS) is 10.9. The molecular weight excluding hydrogens is 238 g/mol. The molecule has 0 saturated carbocycles. The fraction of sp³-hybridized carbons (Fsp3) is 0. The number of fused-ring (bicyclic) bond motifs is 1. The summed E-state index contributed by atoms with van der Waals surface area (Å²) < 4.78 is 9.84. The van der Waals surface area contributed by atoms with E-state index in [0.29, 0.717) is 11.0 Å². The zero-order valence-corrected chi connectivity index (χ0v) is 8.97. The monoisotopic (exact) mass is 245 g/mol. The molecule has 0 spiro atoms. The first-order valence-electron chi connectivity index (χ1n) is 5.04. The van der Waals surface area contributed by atoms with Gasteiger partial charge in [0.15, 0.2) is 5.76 Å². The van der Waals surface area contributed by atoms with Crippen LogP contribution in [0.3, 0.4) is 0 Å². The largest absolute Gasteiger partial charge is 0.452 e. The summed E-state index contributed by atoms with van der Waals surface area (Å²) in [6, 6.07) is 6.88. The van der Waals surface area contributed by atoms with Crippen molar-refractivity contribution in [3.8, 4) is 11.6 Å². The number of primary amides is 1. The molecule has 0 aliphatic rings. The molecule has 0 radical (unpaired) electrons. The number of aromatic nitrogens is 2. The van der Waals surface area contributed by atoms with Crippen LogP contribution in [0.1, 0.15) is 10.4 Å². The fourth-order valence-corrected chi connectivity index (χ4v) is 1.78. The lowest BCUT2D eigenvalue weighted by atomic mass is 10.1. The van der Waals surface area contributed by atoms with Crippen molar-refractivity contribution >= 4 is 16.9 Å². The molecule has 90 valence electrons. The second-order valence-corrected chi connectivity index (χ2v) is 3.61. The summed E-state index contributed by atoms with van der Waals surface area (Å²) in [5, 5.41) is 4.04. The van der Waals surface area contributed by atoms with E-state index >= 15 is 0 Å². The quantitative estimate of drug-likeness (QED) is 0.695. The van der Waals surface area contributed by atoms with Gasteiger partial charge in [0.05, 0.1) is 5.56 Å². The number of nitrogens with zero attached hydrogens (tertiary/aromatic N) is 1. The number of furan rings is 1. The maximum absolute atomic E-state index is 11.5. The summed E-state index contributed by atoms with van der Waals surface area (Å²) in [5.74, 6) is -1.28. The van der Waals surface area contributed by atoms with Crippen molar-refractivity contribution in [2.75, 3.05) is 0 Å². The third-order valence-corrected chi connectivity index (χ3v) is 2.50. The van der Waals surface area contributed by atoms with Crippen LogP contribution in [0.15, 0.2) is 38.0 Å². The van der Waals surface area contributed by atoms with Crippen LogP contribution in [0.2, 0.25) is 0 Å². The lowest BCUT2D eigenvalue weighted by Crippen LogP contribution is -2.11. The molecule has 0 atom stereocenters. The zero-order chi connectivity index (χ0) is 12.7. The molecule has 0 bridgehead atoms. The second-order valence-electron chi connectivity index (χ2n) is 3.61. The minimum absolute atomic E-state index is 0.0324. The van der Waals surface area contributed by atoms with Crippen molar-refractivity contribution in [1.29, 1.82) is 0 Å². The van der Waals surface area contributed by atoms with Gasteiger partial charge in [-0.15, -0.1) is 0 Å². The number of carbonyl (C=O) groups is 1. The Kier molecular flexibility index (Phi) is 2.06. The number of nitrogens with two attached hydrogens (primary N) is 1. The van der Waals surface area contributed by atoms with E-state index in [2.05, 4.69) is 14.7 Å². The van der Waals surface area contributed by atoms with E-state index in [1.165, 1.54) is 0 Å². The molecule has 18 heavy (non-hydrogen) atoms. The molecule has 2 heterocycles. The van der Waals surface area contributed by atoms with E-state index in [1.54, 1.807) is 24.3 Å². The topological polar surface area (TPSA) is 115 Å². The number of carbonyl (C=O) groups excluding carboxylic acids is 1. The van der Waals surface area contributed by atoms with Gasteiger partial charge in [0.1, 0.15) is 5.58 Å². The predicted molar refractivity (Wildman–Crippen MR) is 60.8 cm³/mol. The van der Waals surface area contributed by atoms with Crippen LogP contribution in [0.5, 0.6) is 0 Å². The minimum Gasteiger partial charge on any atom is -0.452 e. The maximum atomic E-state index is 11.5. The van der Waals surface area contributed by atoms with Gasteiger partial charge < -0.3 is 10.2 Å². The van der Waals surface area contributed by atoms with Crippen LogP contribution in [-0.2, 0) is 0 Å². The molecule has 7 heteroatoms. The van der Waals surface area contributed by atoms with Crippen molar-refractivity contribution in [3.05, 3.63) is 40.4 Å². The number of para-hydroxylation sites is 1. The molecule has 0 fully saturated rings. The molecule has 2 aromatic heterocycles. The Balaban J connectivity index is 2.38. The highest BCUT2D eigenvalue weighted by molar-refractivity contribution is 6.09. The number of hydrogen-bond donors (Lipinski definition) is 2. The first kappa shape index (κ1) is 10.3. The van der Waals surface area contributed by atoms with Crippen LogP contribution >= 0.6 is 0 Å². The van der Waals surface area contributed by atoms with Crippen LogP contribution in [0.25, 0.3) is 22.6 Å². The molecule has 0 saturated heterocycles. The predicted octanol–water partition coefficient (Wildman–Crippen LogP) is 0.875. The summed E-state index contributed by atoms with van der Waals surface area (Å²) in [4.78, 5) is 24.7.